The Bertz CT molecular complexity index is 336. The predicted octanol–water partition coefficient (Wildman–Crippen LogP) is -1.11. The quantitative estimate of drug-likeness (QED) is 0.642. The van der Waals surface area contributed by atoms with Crippen molar-refractivity contribution in [2.45, 2.75) is 19.3 Å². The van der Waals surface area contributed by atoms with Crippen molar-refractivity contribution in [3.63, 3.8) is 0 Å². The Balaban J connectivity index is 1.71. The van der Waals surface area contributed by atoms with Crippen LogP contribution in [0.25, 0.3) is 0 Å². The van der Waals surface area contributed by atoms with Crippen molar-refractivity contribution in [1.29, 1.82) is 0 Å². The molecule has 0 atom stereocenters. The molecule has 0 radical (unpaired) electrons. The van der Waals surface area contributed by atoms with E-state index >= 15 is 0 Å². The Morgan fingerprint density at radius 3 is 2.39 bits per heavy atom. The third-order valence-electron chi connectivity index (χ3n) is 3.04. The molecule has 0 aromatic heterocycles. The first kappa shape index (κ1) is 13.0. The van der Waals surface area contributed by atoms with Gasteiger partial charge in [-0.05, 0) is 0 Å². The van der Waals surface area contributed by atoms with Crippen LogP contribution in [0.1, 0.15) is 19.3 Å². The molecule has 7 heteroatoms. The zero-order valence-corrected chi connectivity index (χ0v) is 10.2. The molecule has 2 aliphatic heterocycles. The van der Waals surface area contributed by atoms with Gasteiger partial charge in [-0.25, -0.2) is 4.79 Å². The van der Waals surface area contributed by atoms with Crippen LogP contribution in [0.5, 0.6) is 0 Å². The number of imide groups is 1. The smallest absolute Gasteiger partial charge is 0.330 e. The van der Waals surface area contributed by atoms with E-state index < -0.39 is 17.8 Å². The third-order valence-corrected chi connectivity index (χ3v) is 3.04. The summed E-state index contributed by atoms with van der Waals surface area (Å²) in [7, 11) is 0. The van der Waals surface area contributed by atoms with Crippen LogP contribution < -0.4 is 5.32 Å². The molecule has 2 amide bonds. The zero-order valence-electron chi connectivity index (χ0n) is 10.2. The fraction of sp³-hybridized carbons (Fsp3) is 0.727. The van der Waals surface area contributed by atoms with Gasteiger partial charge in [-0.3, -0.25) is 9.59 Å². The van der Waals surface area contributed by atoms with Crippen LogP contribution in [0, 0.1) is 0 Å². The molecule has 2 rings (SSSR count). The van der Waals surface area contributed by atoms with Gasteiger partial charge in [0, 0.05) is 45.6 Å². The molecule has 0 bridgehead atoms. The fourth-order valence-corrected chi connectivity index (χ4v) is 1.99. The fourth-order valence-electron chi connectivity index (χ4n) is 1.99. The second-order valence-corrected chi connectivity index (χ2v) is 4.39. The Hall–Kier alpha value is -1.47. The van der Waals surface area contributed by atoms with Gasteiger partial charge in [0.05, 0.1) is 6.42 Å². The summed E-state index contributed by atoms with van der Waals surface area (Å²) in [6.07, 6.45) is 0.449. The van der Waals surface area contributed by atoms with Crippen LogP contribution in [-0.2, 0) is 19.2 Å². The van der Waals surface area contributed by atoms with Crippen molar-refractivity contribution in [2.24, 2.45) is 0 Å². The number of hydrogen-bond donors (Lipinski definition) is 1. The number of nitrogens with one attached hydrogen (secondary N) is 1. The highest BCUT2D eigenvalue weighted by atomic mass is 16.7. The number of carbonyl (C=O) groups excluding carboxylic acids is 3. The Labute approximate surface area is 105 Å². The lowest BCUT2D eigenvalue weighted by atomic mass is 10.3. The molecular formula is C11H17N3O4. The molecule has 0 spiro atoms. The first-order chi connectivity index (χ1) is 8.66. The number of piperazine rings is 1. The minimum atomic E-state index is -0.530. The van der Waals surface area contributed by atoms with Crippen molar-refractivity contribution in [3.05, 3.63) is 0 Å². The number of nitrogens with zero attached hydrogens (tertiary/aromatic N) is 2. The van der Waals surface area contributed by atoms with Gasteiger partial charge in [0.1, 0.15) is 0 Å². The monoisotopic (exact) mass is 255 g/mol. The summed E-state index contributed by atoms with van der Waals surface area (Å²) in [6, 6.07) is 0. The topological polar surface area (TPSA) is 79.0 Å². The number of hydroxylamine groups is 2. The van der Waals surface area contributed by atoms with E-state index in [0.717, 1.165) is 26.2 Å². The van der Waals surface area contributed by atoms with E-state index in [9.17, 15) is 14.4 Å². The van der Waals surface area contributed by atoms with E-state index in [4.69, 9.17) is 4.84 Å². The van der Waals surface area contributed by atoms with Crippen LogP contribution in [0.4, 0.5) is 0 Å². The molecule has 0 aromatic carbocycles. The van der Waals surface area contributed by atoms with Crippen LogP contribution in [0.2, 0.25) is 0 Å². The summed E-state index contributed by atoms with van der Waals surface area (Å²) in [5, 5.41) is 3.81. The van der Waals surface area contributed by atoms with Crippen LogP contribution in [0.3, 0.4) is 0 Å². The molecule has 1 N–H and O–H groups in total. The predicted molar refractivity (Wildman–Crippen MR) is 61.1 cm³/mol. The molecule has 2 fully saturated rings. The normalized spacial score (nSPS) is 21.4. The minimum absolute atomic E-state index is 0.129. The van der Waals surface area contributed by atoms with Crippen LogP contribution >= 0.6 is 0 Å². The molecule has 0 unspecified atom stereocenters. The summed E-state index contributed by atoms with van der Waals surface area (Å²) < 4.78 is 0. The second-order valence-electron chi connectivity index (χ2n) is 4.39. The van der Waals surface area contributed by atoms with Gasteiger partial charge >= 0.3 is 5.97 Å². The summed E-state index contributed by atoms with van der Waals surface area (Å²) in [4.78, 5) is 40.9. The van der Waals surface area contributed by atoms with E-state index in [2.05, 4.69) is 10.2 Å². The van der Waals surface area contributed by atoms with Gasteiger partial charge in [0.25, 0.3) is 11.8 Å². The van der Waals surface area contributed by atoms with Gasteiger partial charge < -0.3 is 15.1 Å². The summed E-state index contributed by atoms with van der Waals surface area (Å²) in [5.41, 5.74) is 0. The summed E-state index contributed by atoms with van der Waals surface area (Å²) in [6.45, 7) is 4.22. The number of rotatable bonds is 4. The van der Waals surface area contributed by atoms with Crippen LogP contribution in [-0.4, -0.2) is 60.5 Å². The molecule has 0 saturated carbocycles. The van der Waals surface area contributed by atoms with Gasteiger partial charge in [-0.2, -0.15) is 0 Å². The van der Waals surface area contributed by atoms with Gasteiger partial charge in [-0.15, -0.1) is 5.06 Å². The highest BCUT2D eigenvalue weighted by molar-refractivity contribution is 6.01. The van der Waals surface area contributed by atoms with Crippen molar-refractivity contribution >= 4 is 17.8 Å². The lowest BCUT2D eigenvalue weighted by Gasteiger charge is -2.26. The first-order valence-corrected chi connectivity index (χ1v) is 6.16. The summed E-state index contributed by atoms with van der Waals surface area (Å²) >= 11 is 0. The number of carbonyl (C=O) groups is 3. The molecule has 7 nitrogen and oxygen atoms in total. The standard InChI is InChI=1S/C11H17N3O4/c15-9-1-2-10(16)14(9)18-11(17)3-6-13-7-4-12-5-8-13/h12H,1-8H2. The summed E-state index contributed by atoms with van der Waals surface area (Å²) in [5.74, 6) is -1.40. The molecular weight excluding hydrogens is 238 g/mol. The maximum Gasteiger partial charge on any atom is 0.334 e. The number of hydrogen-bond acceptors (Lipinski definition) is 6. The molecule has 2 heterocycles. The minimum Gasteiger partial charge on any atom is -0.330 e. The Kier molecular flexibility index (Phi) is 4.27. The van der Waals surface area contributed by atoms with Gasteiger partial charge in [-0.1, -0.05) is 0 Å². The van der Waals surface area contributed by atoms with Crippen molar-refractivity contribution in [1.82, 2.24) is 15.3 Å². The molecule has 100 valence electrons. The lowest BCUT2D eigenvalue weighted by molar-refractivity contribution is -0.197. The third kappa shape index (κ3) is 3.27. The largest absolute Gasteiger partial charge is 0.334 e. The van der Waals surface area contributed by atoms with Crippen molar-refractivity contribution in [2.75, 3.05) is 32.7 Å². The zero-order chi connectivity index (χ0) is 13.0. The Morgan fingerprint density at radius 2 is 1.78 bits per heavy atom. The van der Waals surface area contributed by atoms with Crippen molar-refractivity contribution < 1.29 is 19.2 Å². The van der Waals surface area contributed by atoms with E-state index in [1.165, 1.54) is 0 Å². The van der Waals surface area contributed by atoms with Crippen molar-refractivity contribution in [3.8, 4) is 0 Å². The van der Waals surface area contributed by atoms with E-state index in [1.54, 1.807) is 0 Å². The molecule has 0 aliphatic carbocycles. The van der Waals surface area contributed by atoms with Gasteiger partial charge in [0.15, 0.2) is 0 Å². The molecule has 0 aromatic rings. The van der Waals surface area contributed by atoms with E-state index in [0.29, 0.717) is 11.6 Å². The molecule has 2 aliphatic rings. The average Bonchev–Trinajstić information content (AvgIpc) is 2.69. The first-order valence-electron chi connectivity index (χ1n) is 6.16. The lowest BCUT2D eigenvalue weighted by Crippen LogP contribution is -2.44. The highest BCUT2D eigenvalue weighted by Crippen LogP contribution is 2.12. The number of amides is 2. The molecule has 2 saturated heterocycles. The van der Waals surface area contributed by atoms with Crippen LogP contribution in [0.15, 0.2) is 0 Å². The van der Waals surface area contributed by atoms with E-state index in [1.807, 2.05) is 0 Å². The molecule has 18 heavy (non-hydrogen) atoms. The Morgan fingerprint density at radius 1 is 1.17 bits per heavy atom. The second kappa shape index (κ2) is 5.92. The maximum absolute atomic E-state index is 11.5. The van der Waals surface area contributed by atoms with Gasteiger partial charge in [0.2, 0.25) is 0 Å². The maximum atomic E-state index is 11.5. The average molecular weight is 255 g/mol. The SMILES string of the molecule is O=C(CCN1CCNCC1)ON1C(=O)CCC1=O. The highest BCUT2D eigenvalue weighted by Gasteiger charge is 2.32. The van der Waals surface area contributed by atoms with E-state index in [-0.39, 0.29) is 19.3 Å².